The normalized spacial score (nSPS) is 27.3. The number of piperazine rings is 1. The molecule has 0 radical (unpaired) electrons. The molecule has 0 aromatic carbocycles. The van der Waals surface area contributed by atoms with Gasteiger partial charge in [-0.2, -0.15) is 0 Å². The van der Waals surface area contributed by atoms with Crippen molar-refractivity contribution >= 4 is 11.7 Å². The van der Waals surface area contributed by atoms with Gasteiger partial charge >= 0.3 is 0 Å². The zero-order valence-electron chi connectivity index (χ0n) is 11.1. The summed E-state index contributed by atoms with van der Waals surface area (Å²) in [5.74, 6) is 0.303. The molecule has 6 heteroatoms. The van der Waals surface area contributed by atoms with Gasteiger partial charge in [-0.25, -0.2) is 0 Å². The third kappa shape index (κ3) is 2.28. The van der Waals surface area contributed by atoms with Crippen LogP contribution in [0.25, 0.3) is 0 Å². The van der Waals surface area contributed by atoms with E-state index in [4.69, 9.17) is 5.73 Å². The fourth-order valence-corrected chi connectivity index (χ4v) is 3.07. The van der Waals surface area contributed by atoms with E-state index >= 15 is 0 Å². The molecular weight excluding hydrogens is 242 g/mol. The molecule has 2 saturated heterocycles. The standard InChI is InChI=1S/C13H19N5O/c1-9-7-17-6-2-3-10(17)8-18(9)13(19)11-4-5-12(14)16-15-11/h4-5,9-10H,2-3,6-8H2,1H3,(H2,14,16). The SMILES string of the molecule is CC1CN2CCCC2CN1C(=O)c1ccc(N)nn1. The number of rotatable bonds is 1. The van der Waals surface area contributed by atoms with Crippen LogP contribution in [0.5, 0.6) is 0 Å². The minimum Gasteiger partial charge on any atom is -0.382 e. The second-order valence-corrected chi connectivity index (χ2v) is 5.44. The first-order chi connectivity index (χ1) is 9.15. The van der Waals surface area contributed by atoms with E-state index in [1.165, 1.54) is 19.4 Å². The highest BCUT2D eigenvalue weighted by atomic mass is 16.2. The van der Waals surface area contributed by atoms with E-state index < -0.39 is 0 Å². The summed E-state index contributed by atoms with van der Waals surface area (Å²) < 4.78 is 0. The molecule has 0 aliphatic carbocycles. The Morgan fingerprint density at radius 1 is 1.37 bits per heavy atom. The predicted octanol–water partition coefficient (Wildman–Crippen LogP) is 0.367. The summed E-state index contributed by atoms with van der Waals surface area (Å²) >= 11 is 0. The van der Waals surface area contributed by atoms with Gasteiger partial charge in [0.15, 0.2) is 5.69 Å². The maximum atomic E-state index is 12.5. The lowest BCUT2D eigenvalue weighted by Crippen LogP contribution is -2.56. The van der Waals surface area contributed by atoms with Crippen molar-refractivity contribution < 1.29 is 4.79 Å². The molecule has 0 bridgehead atoms. The number of amides is 1. The molecule has 2 aliphatic rings. The Morgan fingerprint density at radius 3 is 2.95 bits per heavy atom. The van der Waals surface area contributed by atoms with Crippen LogP contribution in [0.15, 0.2) is 12.1 Å². The Kier molecular flexibility index (Phi) is 3.10. The summed E-state index contributed by atoms with van der Waals surface area (Å²) in [6, 6.07) is 4.01. The van der Waals surface area contributed by atoms with Crippen molar-refractivity contribution in [2.45, 2.75) is 31.8 Å². The first kappa shape index (κ1) is 12.3. The summed E-state index contributed by atoms with van der Waals surface area (Å²) in [7, 11) is 0. The van der Waals surface area contributed by atoms with Crippen LogP contribution in [0.2, 0.25) is 0 Å². The Morgan fingerprint density at radius 2 is 2.21 bits per heavy atom. The van der Waals surface area contributed by atoms with Crippen LogP contribution in [0.1, 0.15) is 30.3 Å². The van der Waals surface area contributed by atoms with Crippen LogP contribution >= 0.6 is 0 Å². The lowest BCUT2D eigenvalue weighted by atomic mass is 10.1. The summed E-state index contributed by atoms with van der Waals surface area (Å²) in [6.45, 7) is 5.01. The number of nitrogen functional groups attached to an aromatic ring is 1. The van der Waals surface area contributed by atoms with Crippen LogP contribution in [0.4, 0.5) is 5.82 Å². The zero-order valence-corrected chi connectivity index (χ0v) is 11.1. The number of hydrogen-bond acceptors (Lipinski definition) is 5. The molecule has 2 fully saturated rings. The summed E-state index contributed by atoms with van der Waals surface area (Å²) in [5, 5.41) is 7.65. The molecule has 2 atom stereocenters. The quantitative estimate of drug-likeness (QED) is 0.790. The third-order valence-corrected chi connectivity index (χ3v) is 4.10. The molecule has 102 valence electrons. The van der Waals surface area contributed by atoms with E-state index in [9.17, 15) is 4.79 Å². The Labute approximate surface area is 112 Å². The lowest BCUT2D eigenvalue weighted by Gasteiger charge is -2.42. The van der Waals surface area contributed by atoms with Crippen molar-refractivity contribution in [1.82, 2.24) is 20.0 Å². The Bertz CT molecular complexity index is 474. The smallest absolute Gasteiger partial charge is 0.274 e. The van der Waals surface area contributed by atoms with Crippen LogP contribution in [-0.4, -0.2) is 57.6 Å². The molecular formula is C13H19N5O. The first-order valence-corrected chi connectivity index (χ1v) is 6.79. The summed E-state index contributed by atoms with van der Waals surface area (Å²) in [6.07, 6.45) is 2.42. The molecule has 1 amide bonds. The number of carbonyl (C=O) groups excluding carboxylic acids is 1. The van der Waals surface area contributed by atoms with Gasteiger partial charge in [-0.1, -0.05) is 0 Å². The minimum absolute atomic E-state index is 0.0356. The van der Waals surface area contributed by atoms with Crippen molar-refractivity contribution in [3.05, 3.63) is 17.8 Å². The van der Waals surface area contributed by atoms with Crippen molar-refractivity contribution in [2.75, 3.05) is 25.4 Å². The maximum absolute atomic E-state index is 12.5. The largest absolute Gasteiger partial charge is 0.382 e. The Balaban J connectivity index is 1.77. The summed E-state index contributed by atoms with van der Waals surface area (Å²) in [4.78, 5) is 16.9. The highest BCUT2D eigenvalue weighted by Crippen LogP contribution is 2.25. The van der Waals surface area contributed by atoms with Crippen molar-refractivity contribution in [3.63, 3.8) is 0 Å². The van der Waals surface area contributed by atoms with Gasteiger partial charge in [0.05, 0.1) is 0 Å². The highest BCUT2D eigenvalue weighted by molar-refractivity contribution is 5.92. The van der Waals surface area contributed by atoms with Crippen LogP contribution in [0, 0.1) is 0 Å². The van der Waals surface area contributed by atoms with Gasteiger partial charge in [0.1, 0.15) is 5.82 Å². The average molecular weight is 261 g/mol. The molecule has 6 nitrogen and oxygen atoms in total. The number of aromatic nitrogens is 2. The van der Waals surface area contributed by atoms with E-state index in [0.717, 1.165) is 13.1 Å². The highest BCUT2D eigenvalue weighted by Gasteiger charge is 2.37. The second kappa shape index (κ2) is 4.77. The number of nitrogens with two attached hydrogens (primary N) is 1. The van der Waals surface area contributed by atoms with E-state index in [1.807, 2.05) is 4.90 Å². The molecule has 19 heavy (non-hydrogen) atoms. The molecule has 2 aliphatic heterocycles. The second-order valence-electron chi connectivity index (χ2n) is 5.44. The van der Waals surface area contributed by atoms with Crippen molar-refractivity contribution in [3.8, 4) is 0 Å². The molecule has 2 N–H and O–H groups in total. The topological polar surface area (TPSA) is 75.3 Å². The molecule has 0 saturated carbocycles. The van der Waals surface area contributed by atoms with Crippen molar-refractivity contribution in [1.29, 1.82) is 0 Å². The van der Waals surface area contributed by atoms with Gasteiger partial charge in [-0.3, -0.25) is 9.69 Å². The molecule has 3 heterocycles. The molecule has 2 unspecified atom stereocenters. The number of fused-ring (bicyclic) bond motifs is 1. The van der Waals surface area contributed by atoms with Gasteiger partial charge in [0, 0.05) is 25.2 Å². The number of nitrogens with zero attached hydrogens (tertiary/aromatic N) is 4. The predicted molar refractivity (Wildman–Crippen MR) is 71.5 cm³/mol. The number of hydrogen-bond donors (Lipinski definition) is 1. The number of carbonyl (C=O) groups is 1. The first-order valence-electron chi connectivity index (χ1n) is 6.79. The molecule has 1 aromatic rings. The van der Waals surface area contributed by atoms with Gasteiger partial charge in [-0.15, -0.1) is 10.2 Å². The fraction of sp³-hybridized carbons (Fsp3) is 0.615. The zero-order chi connectivity index (χ0) is 13.4. The van der Waals surface area contributed by atoms with Crippen LogP contribution in [0.3, 0.4) is 0 Å². The monoisotopic (exact) mass is 261 g/mol. The summed E-state index contributed by atoms with van der Waals surface area (Å²) in [5.41, 5.74) is 5.88. The van der Waals surface area contributed by atoms with E-state index in [-0.39, 0.29) is 11.9 Å². The van der Waals surface area contributed by atoms with E-state index in [2.05, 4.69) is 22.0 Å². The number of anilines is 1. The minimum atomic E-state index is -0.0356. The third-order valence-electron chi connectivity index (χ3n) is 4.10. The Hall–Kier alpha value is -1.69. The molecule has 1 aromatic heterocycles. The van der Waals surface area contributed by atoms with Gasteiger partial charge < -0.3 is 10.6 Å². The van der Waals surface area contributed by atoms with Gasteiger partial charge in [0.2, 0.25) is 0 Å². The molecule has 3 rings (SSSR count). The van der Waals surface area contributed by atoms with Gasteiger partial charge in [-0.05, 0) is 38.4 Å². The van der Waals surface area contributed by atoms with E-state index in [1.54, 1.807) is 12.1 Å². The van der Waals surface area contributed by atoms with Crippen LogP contribution < -0.4 is 5.73 Å². The average Bonchev–Trinajstić information content (AvgIpc) is 2.85. The van der Waals surface area contributed by atoms with E-state index in [0.29, 0.717) is 17.6 Å². The maximum Gasteiger partial charge on any atom is 0.274 e. The van der Waals surface area contributed by atoms with Crippen LogP contribution in [-0.2, 0) is 0 Å². The fourth-order valence-electron chi connectivity index (χ4n) is 3.07. The molecule has 0 spiro atoms. The lowest BCUT2D eigenvalue weighted by molar-refractivity contribution is 0.0389. The van der Waals surface area contributed by atoms with Gasteiger partial charge in [0.25, 0.3) is 5.91 Å². The van der Waals surface area contributed by atoms with Crippen molar-refractivity contribution in [2.24, 2.45) is 0 Å².